The fourth-order valence-corrected chi connectivity index (χ4v) is 2.49. The number of carbonyl (C=O) groups excluding carboxylic acids is 1. The molecule has 0 unspecified atom stereocenters. The molecule has 0 atom stereocenters. The zero-order valence-electron chi connectivity index (χ0n) is 13.1. The fraction of sp³-hybridized carbons (Fsp3) is 0.105. The zero-order valence-corrected chi connectivity index (χ0v) is 13.1. The zero-order chi connectivity index (χ0) is 17.1. The second-order valence-corrected chi connectivity index (χ2v) is 5.58. The minimum Gasteiger partial charge on any atom is -0.348 e. The van der Waals surface area contributed by atoms with Crippen molar-refractivity contribution in [3.05, 3.63) is 81.1 Å². The number of amides is 1. The molecule has 3 aromatic rings. The Morgan fingerprint density at radius 3 is 2.83 bits per heavy atom. The number of aromatic nitrogens is 1. The second-order valence-electron chi connectivity index (χ2n) is 5.58. The average molecular weight is 317 g/mol. The van der Waals surface area contributed by atoms with Crippen LogP contribution in [-0.2, 0) is 6.54 Å². The molecule has 0 spiro atoms. The summed E-state index contributed by atoms with van der Waals surface area (Å²) in [4.78, 5) is 26.6. The Balaban J connectivity index is 1.77. The lowest BCUT2D eigenvalue weighted by Gasteiger charge is -2.07. The molecule has 0 bridgehead atoms. The van der Waals surface area contributed by atoms with Crippen LogP contribution >= 0.6 is 0 Å². The lowest BCUT2D eigenvalue weighted by molar-refractivity contribution is 0.0951. The molecule has 0 saturated carbocycles. The highest BCUT2D eigenvalue weighted by Crippen LogP contribution is 2.14. The maximum Gasteiger partial charge on any atom is 0.251 e. The molecule has 118 valence electrons. The third-order valence-electron chi connectivity index (χ3n) is 3.80. The molecule has 2 N–H and O–H groups in total. The number of pyridine rings is 1. The highest BCUT2D eigenvalue weighted by atomic mass is 16.1. The standard InChI is InChI=1S/C19H15N3O2/c1-12-7-16-9-14(5-6-17(16)22-18(12)23)11-21-19(24)15-4-2-3-13(8-15)10-20/h2-9H,11H2,1H3,(H,21,24)(H,22,23). The Labute approximate surface area is 138 Å². The van der Waals surface area contributed by atoms with E-state index in [0.29, 0.717) is 23.2 Å². The summed E-state index contributed by atoms with van der Waals surface area (Å²) in [6.07, 6.45) is 0. The van der Waals surface area contributed by atoms with Crippen LogP contribution in [0.1, 0.15) is 27.0 Å². The van der Waals surface area contributed by atoms with E-state index in [2.05, 4.69) is 10.3 Å². The van der Waals surface area contributed by atoms with E-state index in [1.54, 1.807) is 31.2 Å². The van der Waals surface area contributed by atoms with Gasteiger partial charge in [0, 0.05) is 23.2 Å². The predicted octanol–water partition coefficient (Wildman–Crippen LogP) is 2.64. The van der Waals surface area contributed by atoms with Crippen LogP contribution in [0.15, 0.2) is 53.3 Å². The number of rotatable bonds is 3. The van der Waals surface area contributed by atoms with Gasteiger partial charge in [0.05, 0.1) is 11.6 Å². The van der Waals surface area contributed by atoms with E-state index in [9.17, 15) is 9.59 Å². The third kappa shape index (κ3) is 3.18. The Hall–Kier alpha value is -3.39. The molecule has 0 aliphatic heterocycles. The Morgan fingerprint density at radius 1 is 1.21 bits per heavy atom. The van der Waals surface area contributed by atoms with Gasteiger partial charge in [0.25, 0.3) is 11.5 Å². The van der Waals surface area contributed by atoms with E-state index in [0.717, 1.165) is 16.5 Å². The largest absolute Gasteiger partial charge is 0.348 e. The van der Waals surface area contributed by atoms with Gasteiger partial charge in [0.15, 0.2) is 0 Å². The molecule has 1 aromatic heterocycles. The first-order valence-corrected chi connectivity index (χ1v) is 7.48. The van der Waals surface area contributed by atoms with E-state index in [-0.39, 0.29) is 11.5 Å². The monoisotopic (exact) mass is 317 g/mol. The summed E-state index contributed by atoms with van der Waals surface area (Å²) in [7, 11) is 0. The molecule has 0 radical (unpaired) electrons. The third-order valence-corrected chi connectivity index (χ3v) is 3.80. The number of fused-ring (bicyclic) bond motifs is 1. The molecule has 5 heteroatoms. The van der Waals surface area contributed by atoms with Gasteiger partial charge < -0.3 is 10.3 Å². The maximum atomic E-state index is 12.2. The molecule has 0 fully saturated rings. The van der Waals surface area contributed by atoms with Gasteiger partial charge in [-0.2, -0.15) is 5.26 Å². The van der Waals surface area contributed by atoms with Gasteiger partial charge in [-0.25, -0.2) is 0 Å². The van der Waals surface area contributed by atoms with Crippen molar-refractivity contribution in [1.82, 2.24) is 10.3 Å². The van der Waals surface area contributed by atoms with Crippen LogP contribution in [0.25, 0.3) is 10.9 Å². The predicted molar refractivity (Wildman–Crippen MR) is 91.6 cm³/mol. The summed E-state index contributed by atoms with van der Waals surface area (Å²) in [5.41, 5.74) is 3.15. The van der Waals surface area contributed by atoms with E-state index in [1.807, 2.05) is 30.3 Å². The number of nitriles is 1. The smallest absolute Gasteiger partial charge is 0.251 e. The van der Waals surface area contributed by atoms with Gasteiger partial charge in [-0.15, -0.1) is 0 Å². The number of carbonyl (C=O) groups is 1. The van der Waals surface area contributed by atoms with Crippen LogP contribution in [0, 0.1) is 18.3 Å². The highest BCUT2D eigenvalue weighted by molar-refractivity contribution is 5.94. The van der Waals surface area contributed by atoms with Gasteiger partial charge >= 0.3 is 0 Å². The minimum atomic E-state index is -0.232. The molecule has 24 heavy (non-hydrogen) atoms. The molecule has 1 heterocycles. The van der Waals surface area contributed by atoms with Crippen LogP contribution in [0.5, 0.6) is 0 Å². The van der Waals surface area contributed by atoms with Crippen molar-refractivity contribution in [2.75, 3.05) is 0 Å². The number of aromatic amines is 1. The fourth-order valence-electron chi connectivity index (χ4n) is 2.49. The Bertz CT molecular complexity index is 1030. The molecule has 2 aromatic carbocycles. The highest BCUT2D eigenvalue weighted by Gasteiger charge is 2.07. The first kappa shape index (κ1) is 15.5. The average Bonchev–Trinajstić information content (AvgIpc) is 2.60. The normalized spacial score (nSPS) is 10.3. The van der Waals surface area contributed by atoms with Gasteiger partial charge in [0.1, 0.15) is 0 Å². The number of benzene rings is 2. The van der Waals surface area contributed by atoms with Crippen LogP contribution in [-0.4, -0.2) is 10.9 Å². The summed E-state index contributed by atoms with van der Waals surface area (Å²) in [5, 5.41) is 12.6. The Kier molecular flexibility index (Phi) is 4.13. The molecule has 5 nitrogen and oxygen atoms in total. The number of nitrogens with zero attached hydrogens (tertiary/aromatic N) is 1. The molecular weight excluding hydrogens is 302 g/mol. The molecule has 3 rings (SSSR count). The van der Waals surface area contributed by atoms with Crippen LogP contribution in [0.3, 0.4) is 0 Å². The number of nitrogens with one attached hydrogen (secondary N) is 2. The summed E-state index contributed by atoms with van der Waals surface area (Å²) in [6.45, 7) is 2.12. The van der Waals surface area contributed by atoms with Crippen LogP contribution in [0.2, 0.25) is 0 Å². The summed E-state index contributed by atoms with van der Waals surface area (Å²) in [6, 6.07) is 16.0. The molecular formula is C19H15N3O2. The number of H-pyrrole nitrogens is 1. The first-order chi connectivity index (χ1) is 11.6. The lowest BCUT2D eigenvalue weighted by atomic mass is 10.1. The van der Waals surface area contributed by atoms with Crippen LogP contribution < -0.4 is 10.9 Å². The van der Waals surface area contributed by atoms with E-state index in [1.165, 1.54) is 0 Å². The van der Waals surface area contributed by atoms with Crippen molar-refractivity contribution in [2.45, 2.75) is 13.5 Å². The quantitative estimate of drug-likeness (QED) is 0.778. The van der Waals surface area contributed by atoms with Crippen molar-refractivity contribution >= 4 is 16.8 Å². The van der Waals surface area contributed by atoms with Gasteiger partial charge in [0.2, 0.25) is 0 Å². The van der Waals surface area contributed by atoms with Crippen molar-refractivity contribution in [1.29, 1.82) is 5.26 Å². The van der Waals surface area contributed by atoms with Gasteiger partial charge in [-0.1, -0.05) is 12.1 Å². The summed E-state index contributed by atoms with van der Waals surface area (Å²) >= 11 is 0. The number of hydrogen-bond donors (Lipinski definition) is 2. The van der Waals surface area contributed by atoms with E-state index >= 15 is 0 Å². The SMILES string of the molecule is Cc1cc2cc(CNC(=O)c3cccc(C#N)c3)ccc2[nH]c1=O. The lowest BCUT2D eigenvalue weighted by Crippen LogP contribution is -2.22. The van der Waals surface area contributed by atoms with Crippen molar-refractivity contribution in [3.8, 4) is 6.07 Å². The van der Waals surface area contributed by atoms with E-state index in [4.69, 9.17) is 5.26 Å². The van der Waals surface area contributed by atoms with Crippen molar-refractivity contribution in [3.63, 3.8) is 0 Å². The Morgan fingerprint density at radius 2 is 2.04 bits per heavy atom. The van der Waals surface area contributed by atoms with Crippen molar-refractivity contribution in [2.24, 2.45) is 0 Å². The molecule has 0 saturated heterocycles. The first-order valence-electron chi connectivity index (χ1n) is 7.48. The molecule has 1 amide bonds. The van der Waals surface area contributed by atoms with E-state index < -0.39 is 0 Å². The second kappa shape index (κ2) is 6.39. The number of aryl methyl sites for hydroxylation is 1. The summed E-state index contributed by atoms with van der Waals surface area (Å²) < 4.78 is 0. The van der Waals surface area contributed by atoms with Gasteiger partial charge in [-0.3, -0.25) is 9.59 Å². The molecule has 0 aliphatic rings. The summed E-state index contributed by atoms with van der Waals surface area (Å²) in [5.74, 6) is -0.232. The minimum absolute atomic E-state index is 0.0964. The molecule has 0 aliphatic carbocycles. The topological polar surface area (TPSA) is 85.8 Å². The maximum absolute atomic E-state index is 12.2. The number of hydrogen-bond acceptors (Lipinski definition) is 3. The van der Waals surface area contributed by atoms with Crippen LogP contribution in [0.4, 0.5) is 0 Å². The van der Waals surface area contributed by atoms with Crippen molar-refractivity contribution < 1.29 is 4.79 Å². The van der Waals surface area contributed by atoms with Gasteiger partial charge in [-0.05, 0) is 54.3 Å².